The van der Waals surface area contributed by atoms with Crippen molar-refractivity contribution in [3.63, 3.8) is 0 Å². The number of benzene rings is 1. The van der Waals surface area contributed by atoms with Crippen LogP contribution in [0.1, 0.15) is 31.1 Å². The molecule has 0 aliphatic heterocycles. The Bertz CT molecular complexity index is 600. The van der Waals surface area contributed by atoms with E-state index in [1.165, 1.54) is 26.0 Å². The van der Waals surface area contributed by atoms with Crippen LogP contribution in [0.25, 0.3) is 0 Å². The van der Waals surface area contributed by atoms with E-state index in [2.05, 4.69) is 0 Å². The number of hydrogen-bond acceptors (Lipinski definition) is 4. The summed E-state index contributed by atoms with van der Waals surface area (Å²) in [6.45, 7) is 4.63. The van der Waals surface area contributed by atoms with Gasteiger partial charge in [0.15, 0.2) is 0 Å². The largest absolute Gasteiger partial charge is 0.480 e. The number of carbonyl (C=O) groups excluding carboxylic acids is 1. The number of rotatable bonds is 5. The molecule has 0 spiro atoms. The Balaban J connectivity index is 3.21. The monoisotopic (exact) mass is 314 g/mol. The molecule has 0 saturated heterocycles. The summed E-state index contributed by atoms with van der Waals surface area (Å²) in [4.78, 5) is 34.8. The van der Waals surface area contributed by atoms with Crippen LogP contribution in [0, 0.1) is 10.1 Å². The fourth-order valence-corrected chi connectivity index (χ4v) is 2.10. The second-order valence-electron chi connectivity index (χ2n) is 4.84. The molecule has 114 valence electrons. The maximum absolute atomic E-state index is 12.4. The van der Waals surface area contributed by atoms with Gasteiger partial charge in [0, 0.05) is 18.2 Å². The van der Waals surface area contributed by atoms with Gasteiger partial charge in [-0.15, -0.1) is 0 Å². The van der Waals surface area contributed by atoms with Crippen molar-refractivity contribution < 1.29 is 19.6 Å². The lowest BCUT2D eigenvalue weighted by Gasteiger charge is -2.34. The number of nitro benzene ring substituents is 1. The Morgan fingerprint density at radius 2 is 2.00 bits per heavy atom. The molecule has 0 atom stereocenters. The van der Waals surface area contributed by atoms with Crippen molar-refractivity contribution >= 4 is 29.2 Å². The molecule has 7 nitrogen and oxygen atoms in total. The third kappa shape index (κ3) is 3.30. The third-order valence-electron chi connectivity index (χ3n) is 3.15. The Morgan fingerprint density at radius 3 is 2.38 bits per heavy atom. The minimum Gasteiger partial charge on any atom is -0.480 e. The predicted molar refractivity (Wildman–Crippen MR) is 76.5 cm³/mol. The number of halogens is 1. The number of nitrogens with zero attached hydrogens (tertiary/aromatic N) is 2. The summed E-state index contributed by atoms with van der Waals surface area (Å²) in [6.07, 6.45) is 0. The van der Waals surface area contributed by atoms with Crippen molar-refractivity contribution in [3.05, 3.63) is 38.9 Å². The van der Waals surface area contributed by atoms with Crippen molar-refractivity contribution in [3.8, 4) is 0 Å². The van der Waals surface area contributed by atoms with E-state index < -0.39 is 22.3 Å². The fourth-order valence-electron chi connectivity index (χ4n) is 1.85. The number of hydrogen-bond donors (Lipinski definition) is 1. The highest BCUT2D eigenvalue weighted by Gasteiger charge is 2.37. The van der Waals surface area contributed by atoms with E-state index in [1.54, 1.807) is 6.92 Å². The van der Waals surface area contributed by atoms with Gasteiger partial charge >= 0.3 is 5.97 Å². The van der Waals surface area contributed by atoms with Crippen LogP contribution in [0.4, 0.5) is 5.69 Å². The molecule has 0 radical (unpaired) electrons. The molecular weight excluding hydrogens is 300 g/mol. The van der Waals surface area contributed by atoms with Gasteiger partial charge < -0.3 is 10.0 Å². The molecule has 1 N–H and O–H groups in total. The SMILES string of the molecule is CCN(C(=O)c1ccc([N+](=O)[O-])c(Cl)c1)C(C)(C)C(=O)O. The smallest absolute Gasteiger partial charge is 0.329 e. The first-order valence-corrected chi connectivity index (χ1v) is 6.50. The molecule has 0 aliphatic rings. The van der Waals surface area contributed by atoms with E-state index in [0.29, 0.717) is 0 Å². The molecule has 1 aromatic carbocycles. The third-order valence-corrected chi connectivity index (χ3v) is 3.45. The number of likely N-dealkylation sites (N-methyl/N-ethyl adjacent to an activating group) is 1. The van der Waals surface area contributed by atoms with Crippen LogP contribution in [-0.4, -0.2) is 38.9 Å². The minimum absolute atomic E-state index is 0.0989. The quantitative estimate of drug-likeness (QED) is 0.665. The summed E-state index contributed by atoms with van der Waals surface area (Å²) in [5.41, 5.74) is -1.62. The molecule has 0 bridgehead atoms. The first-order chi connectivity index (χ1) is 9.62. The maximum atomic E-state index is 12.4. The predicted octanol–water partition coefficient (Wildman–Crippen LogP) is 2.57. The van der Waals surface area contributed by atoms with Crippen LogP contribution in [0.15, 0.2) is 18.2 Å². The molecule has 1 rings (SSSR count). The number of carboxylic acid groups (broad SMARTS) is 1. The number of carbonyl (C=O) groups is 2. The van der Waals surface area contributed by atoms with Gasteiger partial charge in [-0.05, 0) is 32.9 Å². The highest BCUT2D eigenvalue weighted by Crippen LogP contribution is 2.27. The molecule has 0 saturated carbocycles. The highest BCUT2D eigenvalue weighted by molar-refractivity contribution is 6.33. The average molecular weight is 315 g/mol. The zero-order valence-electron chi connectivity index (χ0n) is 11.8. The molecule has 8 heteroatoms. The molecule has 0 unspecified atom stereocenters. The van der Waals surface area contributed by atoms with Crippen LogP contribution >= 0.6 is 11.6 Å². The minimum atomic E-state index is -1.40. The molecular formula is C13H15ClN2O5. The topological polar surface area (TPSA) is 101 Å². The average Bonchev–Trinajstić information content (AvgIpc) is 2.38. The molecule has 0 aliphatic carbocycles. The highest BCUT2D eigenvalue weighted by atomic mass is 35.5. The number of carboxylic acids is 1. The lowest BCUT2D eigenvalue weighted by Crippen LogP contribution is -2.52. The molecule has 0 fully saturated rings. The van der Waals surface area contributed by atoms with E-state index in [9.17, 15) is 24.8 Å². The second kappa shape index (κ2) is 6.09. The van der Waals surface area contributed by atoms with Crippen molar-refractivity contribution in [1.29, 1.82) is 0 Å². The summed E-state index contributed by atoms with van der Waals surface area (Å²) >= 11 is 5.76. The van der Waals surface area contributed by atoms with Gasteiger partial charge in [0.1, 0.15) is 10.6 Å². The van der Waals surface area contributed by atoms with E-state index in [-0.39, 0.29) is 22.8 Å². The first-order valence-electron chi connectivity index (χ1n) is 6.12. The number of amides is 1. The van der Waals surface area contributed by atoms with Crippen LogP contribution in [-0.2, 0) is 4.79 Å². The number of nitro groups is 1. The second-order valence-corrected chi connectivity index (χ2v) is 5.24. The zero-order chi connectivity index (χ0) is 16.4. The molecule has 1 amide bonds. The molecule has 0 aromatic heterocycles. The normalized spacial score (nSPS) is 11.0. The van der Waals surface area contributed by atoms with E-state index in [1.807, 2.05) is 0 Å². The summed E-state index contributed by atoms with van der Waals surface area (Å²) in [6, 6.07) is 3.55. The summed E-state index contributed by atoms with van der Waals surface area (Å²) in [7, 11) is 0. The van der Waals surface area contributed by atoms with Gasteiger partial charge in [-0.1, -0.05) is 11.6 Å². The van der Waals surface area contributed by atoms with E-state index in [4.69, 9.17) is 11.6 Å². The van der Waals surface area contributed by atoms with Crippen molar-refractivity contribution in [2.24, 2.45) is 0 Å². The zero-order valence-corrected chi connectivity index (χ0v) is 12.5. The standard InChI is InChI=1S/C13H15ClN2O5/c1-4-15(13(2,3)12(18)19)11(17)8-5-6-10(16(20)21)9(14)7-8/h5-7H,4H2,1-3H3,(H,18,19). The van der Waals surface area contributed by atoms with E-state index in [0.717, 1.165) is 11.0 Å². The summed E-state index contributed by atoms with van der Waals surface area (Å²) in [5, 5.41) is 19.7. The van der Waals surface area contributed by atoms with Crippen LogP contribution < -0.4 is 0 Å². The summed E-state index contributed by atoms with van der Waals surface area (Å²) in [5.74, 6) is -1.70. The molecule has 0 heterocycles. The maximum Gasteiger partial charge on any atom is 0.329 e. The van der Waals surface area contributed by atoms with Gasteiger partial charge in [0.25, 0.3) is 11.6 Å². The summed E-state index contributed by atoms with van der Waals surface area (Å²) < 4.78 is 0. The lowest BCUT2D eigenvalue weighted by atomic mass is 10.0. The molecule has 21 heavy (non-hydrogen) atoms. The van der Waals surface area contributed by atoms with Gasteiger partial charge in [0.05, 0.1) is 4.92 Å². The van der Waals surface area contributed by atoms with Gasteiger partial charge in [-0.2, -0.15) is 0 Å². The Hall–Kier alpha value is -2.15. The van der Waals surface area contributed by atoms with Crippen LogP contribution in [0.5, 0.6) is 0 Å². The van der Waals surface area contributed by atoms with Crippen molar-refractivity contribution in [1.82, 2.24) is 4.90 Å². The van der Waals surface area contributed by atoms with Crippen molar-refractivity contribution in [2.45, 2.75) is 26.3 Å². The van der Waals surface area contributed by atoms with Crippen molar-refractivity contribution in [2.75, 3.05) is 6.54 Å². The van der Waals surface area contributed by atoms with Crippen LogP contribution in [0.3, 0.4) is 0 Å². The van der Waals surface area contributed by atoms with Gasteiger partial charge in [0.2, 0.25) is 0 Å². The number of aliphatic carboxylic acids is 1. The Morgan fingerprint density at radius 1 is 1.43 bits per heavy atom. The van der Waals surface area contributed by atoms with Gasteiger partial charge in [-0.3, -0.25) is 14.9 Å². The fraction of sp³-hybridized carbons (Fsp3) is 0.385. The molecule has 1 aromatic rings. The first kappa shape index (κ1) is 16.9. The Kier molecular flexibility index (Phi) is 4.90. The van der Waals surface area contributed by atoms with Crippen LogP contribution in [0.2, 0.25) is 5.02 Å². The van der Waals surface area contributed by atoms with Gasteiger partial charge in [-0.25, -0.2) is 4.79 Å². The van der Waals surface area contributed by atoms with E-state index >= 15 is 0 Å². The Labute approximate surface area is 126 Å². The lowest BCUT2D eigenvalue weighted by molar-refractivity contribution is -0.384.